The summed E-state index contributed by atoms with van der Waals surface area (Å²) in [7, 11) is 0. The molecule has 9 heteroatoms. The first-order chi connectivity index (χ1) is 14.8. The Kier molecular flexibility index (Phi) is 5.85. The molecule has 0 radical (unpaired) electrons. The summed E-state index contributed by atoms with van der Waals surface area (Å²) in [6, 6.07) is 11.0. The fraction of sp³-hybridized carbons (Fsp3) is 0.273. The maximum absolute atomic E-state index is 14.0. The Morgan fingerprint density at radius 1 is 1.23 bits per heavy atom. The van der Waals surface area contributed by atoms with Crippen LogP contribution in [0.5, 0.6) is 0 Å². The largest absolute Gasteiger partial charge is 0.323 e. The highest BCUT2D eigenvalue weighted by Crippen LogP contribution is 2.36. The number of rotatable bonds is 4. The predicted molar refractivity (Wildman–Crippen MR) is 123 cm³/mol. The average Bonchev–Trinajstić information content (AvgIpc) is 3.08. The summed E-state index contributed by atoms with van der Waals surface area (Å²) in [6.07, 6.45) is 0. The second-order valence-corrected chi connectivity index (χ2v) is 9.34. The smallest absolute Gasteiger partial charge is 0.259 e. The van der Waals surface area contributed by atoms with Crippen molar-refractivity contribution in [3.05, 3.63) is 58.9 Å². The lowest BCUT2D eigenvalue weighted by Crippen LogP contribution is -2.43. The van der Waals surface area contributed by atoms with Gasteiger partial charge in [-0.25, -0.2) is 14.3 Å². The molecule has 6 nitrogen and oxygen atoms in total. The molecular formula is C22H20ClFN4O2S. The number of thioether (sulfide) groups is 1. The molecule has 2 atom stereocenters. The second-order valence-electron chi connectivity index (χ2n) is 7.60. The number of carbonyl (C=O) groups excluding carboxylic acids is 2. The van der Waals surface area contributed by atoms with Crippen molar-refractivity contribution in [3.63, 3.8) is 0 Å². The van der Waals surface area contributed by atoms with E-state index in [-0.39, 0.29) is 22.5 Å². The van der Waals surface area contributed by atoms with E-state index in [2.05, 4.69) is 15.3 Å². The lowest BCUT2D eigenvalue weighted by molar-refractivity contribution is -0.125. The van der Waals surface area contributed by atoms with Crippen LogP contribution in [-0.2, 0) is 9.59 Å². The molecule has 2 aromatic carbocycles. The Balaban J connectivity index is 1.60. The Morgan fingerprint density at radius 2 is 1.97 bits per heavy atom. The van der Waals surface area contributed by atoms with Crippen molar-refractivity contribution < 1.29 is 14.0 Å². The van der Waals surface area contributed by atoms with E-state index in [4.69, 9.17) is 11.6 Å². The van der Waals surface area contributed by atoms with Crippen LogP contribution in [0, 0.1) is 11.7 Å². The number of aliphatic imine (C=N–C) groups is 2. The maximum Gasteiger partial charge on any atom is 0.259 e. The highest BCUT2D eigenvalue weighted by Gasteiger charge is 2.43. The van der Waals surface area contributed by atoms with E-state index in [0.29, 0.717) is 16.7 Å². The number of nitrogens with zero attached hydrogens (tertiary/aromatic N) is 3. The van der Waals surface area contributed by atoms with Crippen LogP contribution in [0.1, 0.15) is 26.3 Å². The van der Waals surface area contributed by atoms with Crippen LogP contribution < -0.4 is 5.32 Å². The molecule has 2 aromatic rings. The van der Waals surface area contributed by atoms with Crippen molar-refractivity contribution in [2.45, 2.75) is 32.1 Å². The molecule has 0 spiro atoms. The molecule has 0 saturated carbocycles. The Morgan fingerprint density at radius 3 is 2.68 bits per heavy atom. The summed E-state index contributed by atoms with van der Waals surface area (Å²) in [6.45, 7) is 5.56. The quantitative estimate of drug-likeness (QED) is 0.711. The first kappa shape index (κ1) is 21.5. The van der Waals surface area contributed by atoms with Crippen LogP contribution in [0.3, 0.4) is 0 Å². The third-order valence-corrected chi connectivity index (χ3v) is 6.26. The van der Waals surface area contributed by atoms with Gasteiger partial charge < -0.3 is 5.32 Å². The van der Waals surface area contributed by atoms with E-state index in [1.807, 2.05) is 38.1 Å². The highest BCUT2D eigenvalue weighted by molar-refractivity contribution is 8.15. The van der Waals surface area contributed by atoms with Crippen LogP contribution in [0.15, 0.2) is 52.4 Å². The zero-order valence-electron chi connectivity index (χ0n) is 17.1. The Hall–Kier alpha value is -2.71. The van der Waals surface area contributed by atoms with Crippen molar-refractivity contribution >= 4 is 57.6 Å². The van der Waals surface area contributed by atoms with E-state index in [1.54, 1.807) is 6.92 Å². The lowest BCUT2D eigenvalue weighted by atomic mass is 10.1. The van der Waals surface area contributed by atoms with Gasteiger partial charge in [-0.1, -0.05) is 49.3 Å². The lowest BCUT2D eigenvalue weighted by Gasteiger charge is -2.27. The number of anilines is 1. The normalized spacial score (nSPS) is 18.3. The second kappa shape index (κ2) is 8.43. The molecule has 0 saturated heterocycles. The van der Waals surface area contributed by atoms with Gasteiger partial charge in [0.25, 0.3) is 5.91 Å². The van der Waals surface area contributed by atoms with E-state index >= 15 is 0 Å². The first-order valence-electron chi connectivity index (χ1n) is 9.78. The fourth-order valence-corrected chi connectivity index (χ4v) is 4.39. The van der Waals surface area contributed by atoms with Gasteiger partial charge in [0, 0.05) is 10.6 Å². The number of nitrogens with one attached hydrogen (secondary N) is 1. The minimum atomic E-state index is -0.647. The molecule has 1 N–H and O–H groups in total. The fourth-order valence-electron chi connectivity index (χ4n) is 3.32. The maximum atomic E-state index is 14.0. The SMILES string of the molecule is CC(SC1=Nc2ccccc2C2=NC(C(C)C)C(=O)N12)C(=O)Nc1ccc(Cl)cc1F. The topological polar surface area (TPSA) is 74.1 Å². The van der Waals surface area contributed by atoms with Gasteiger partial charge in [0.2, 0.25) is 5.91 Å². The van der Waals surface area contributed by atoms with Gasteiger partial charge in [0.15, 0.2) is 5.17 Å². The molecular weight excluding hydrogens is 439 g/mol. The minimum Gasteiger partial charge on any atom is -0.323 e. The number of para-hydroxylation sites is 1. The Labute approximate surface area is 188 Å². The zero-order valence-corrected chi connectivity index (χ0v) is 18.7. The molecule has 2 aliphatic heterocycles. The summed E-state index contributed by atoms with van der Waals surface area (Å²) < 4.78 is 14.0. The molecule has 2 heterocycles. The molecule has 31 heavy (non-hydrogen) atoms. The van der Waals surface area contributed by atoms with E-state index < -0.39 is 23.0 Å². The molecule has 160 valence electrons. The van der Waals surface area contributed by atoms with Gasteiger partial charge in [-0.3, -0.25) is 14.6 Å². The molecule has 0 aromatic heterocycles. The number of hydrogen-bond acceptors (Lipinski definition) is 5. The number of carbonyl (C=O) groups is 2. The number of amidine groups is 2. The standard InChI is InChI=1S/C22H20ClFN4O2S/c1-11(2)18-21(30)28-19(27-18)14-6-4-5-7-16(14)26-22(28)31-12(3)20(29)25-17-9-8-13(23)10-15(17)24/h4-12,18H,1-3H3,(H,25,29). The van der Waals surface area contributed by atoms with Crippen LogP contribution >= 0.6 is 23.4 Å². The molecule has 0 fully saturated rings. The zero-order chi connectivity index (χ0) is 22.3. The average molecular weight is 459 g/mol. The van der Waals surface area contributed by atoms with Crippen molar-refractivity contribution in [2.75, 3.05) is 5.32 Å². The van der Waals surface area contributed by atoms with Crippen molar-refractivity contribution in [3.8, 4) is 0 Å². The number of fused-ring (bicyclic) bond motifs is 3. The van der Waals surface area contributed by atoms with Crippen LogP contribution in [-0.4, -0.2) is 39.0 Å². The molecule has 2 aliphatic rings. The van der Waals surface area contributed by atoms with Gasteiger partial charge in [-0.15, -0.1) is 0 Å². The van der Waals surface area contributed by atoms with Gasteiger partial charge in [0.1, 0.15) is 17.7 Å². The molecule has 2 amide bonds. The Bertz CT molecular complexity index is 1130. The number of amides is 2. The highest BCUT2D eigenvalue weighted by atomic mass is 35.5. The van der Waals surface area contributed by atoms with Gasteiger partial charge >= 0.3 is 0 Å². The number of benzene rings is 2. The van der Waals surface area contributed by atoms with Gasteiger partial charge in [0.05, 0.1) is 16.6 Å². The van der Waals surface area contributed by atoms with Crippen LogP contribution in [0.4, 0.5) is 15.8 Å². The van der Waals surface area contributed by atoms with Gasteiger partial charge in [-0.05, 0) is 43.2 Å². The number of halogens is 2. The van der Waals surface area contributed by atoms with Crippen LogP contribution in [0.2, 0.25) is 5.02 Å². The third kappa shape index (κ3) is 4.09. The summed E-state index contributed by atoms with van der Waals surface area (Å²) >= 11 is 6.89. The third-order valence-electron chi connectivity index (χ3n) is 4.97. The summed E-state index contributed by atoms with van der Waals surface area (Å²) in [5.41, 5.74) is 1.51. The molecule has 0 aliphatic carbocycles. The van der Waals surface area contributed by atoms with E-state index in [0.717, 1.165) is 23.4 Å². The molecule has 0 bridgehead atoms. The minimum absolute atomic E-state index is 0.0256. The molecule has 4 rings (SSSR count). The summed E-state index contributed by atoms with van der Waals surface area (Å²) in [4.78, 5) is 36.5. The van der Waals surface area contributed by atoms with Crippen molar-refractivity contribution in [1.82, 2.24) is 4.90 Å². The number of hydrogen-bond donors (Lipinski definition) is 1. The monoisotopic (exact) mass is 458 g/mol. The van der Waals surface area contributed by atoms with Crippen molar-refractivity contribution in [2.24, 2.45) is 15.9 Å². The molecule has 2 unspecified atom stereocenters. The summed E-state index contributed by atoms with van der Waals surface area (Å²) in [5.74, 6) is -0.628. The summed E-state index contributed by atoms with van der Waals surface area (Å²) in [5, 5.41) is 2.54. The van der Waals surface area contributed by atoms with E-state index in [1.165, 1.54) is 17.0 Å². The van der Waals surface area contributed by atoms with Crippen LogP contribution in [0.25, 0.3) is 0 Å². The van der Waals surface area contributed by atoms with E-state index in [9.17, 15) is 14.0 Å². The first-order valence-corrected chi connectivity index (χ1v) is 11.0. The van der Waals surface area contributed by atoms with Gasteiger partial charge in [-0.2, -0.15) is 0 Å². The predicted octanol–water partition coefficient (Wildman–Crippen LogP) is 4.85. The van der Waals surface area contributed by atoms with Crippen molar-refractivity contribution in [1.29, 1.82) is 0 Å².